The smallest absolute Gasteiger partial charge is 0.295 e. The van der Waals surface area contributed by atoms with Crippen LogP contribution in [0.1, 0.15) is 16.4 Å². The molecule has 5 rings (SSSR count). The fourth-order valence-corrected chi connectivity index (χ4v) is 4.44. The highest BCUT2D eigenvalue weighted by atomic mass is 32.1. The van der Waals surface area contributed by atoms with Crippen LogP contribution >= 0.6 is 11.3 Å². The molecule has 1 N–H and O–H groups in total. The Morgan fingerprint density at radius 1 is 1.13 bits per heavy atom. The Morgan fingerprint density at radius 2 is 1.90 bits per heavy atom. The first-order chi connectivity index (χ1) is 15.1. The average Bonchev–Trinajstić information content (AvgIpc) is 3.38. The van der Waals surface area contributed by atoms with Gasteiger partial charge in [-0.1, -0.05) is 11.3 Å². The van der Waals surface area contributed by atoms with Crippen LogP contribution in [-0.2, 0) is 4.74 Å². The van der Waals surface area contributed by atoms with Crippen molar-refractivity contribution >= 4 is 38.3 Å². The van der Waals surface area contributed by atoms with Crippen LogP contribution in [0.3, 0.4) is 0 Å². The maximum absolute atomic E-state index is 13.2. The number of rotatable bonds is 4. The lowest BCUT2D eigenvalue weighted by molar-refractivity contribution is 0.101. The number of benzene rings is 2. The van der Waals surface area contributed by atoms with Gasteiger partial charge in [-0.3, -0.25) is 4.79 Å². The summed E-state index contributed by atoms with van der Waals surface area (Å²) >= 11 is 1.59. The van der Waals surface area contributed by atoms with Gasteiger partial charge in [-0.25, -0.2) is 19.0 Å². The number of carbonyl (C=O) groups is 1. The van der Waals surface area contributed by atoms with Crippen LogP contribution in [-0.4, -0.2) is 52.0 Å². The number of carbonyl (C=O) groups excluding carboxylic acids is 1. The van der Waals surface area contributed by atoms with E-state index >= 15 is 0 Å². The first kappa shape index (κ1) is 19.6. The van der Waals surface area contributed by atoms with Gasteiger partial charge in [-0.2, -0.15) is 0 Å². The zero-order chi connectivity index (χ0) is 21.4. The van der Waals surface area contributed by atoms with Crippen LogP contribution in [0.5, 0.6) is 0 Å². The number of hydrogen-bond donors (Lipinski definition) is 1. The summed E-state index contributed by atoms with van der Waals surface area (Å²) in [5.74, 6) is -0.180. The highest BCUT2D eigenvalue weighted by Gasteiger charge is 2.18. The molecule has 1 amide bonds. The molecule has 0 saturated carbocycles. The minimum atomic E-state index is -0.416. The first-order valence-electron chi connectivity index (χ1n) is 9.81. The SMILES string of the molecule is Cc1nc(C(=O)Nc2ccc3nc(N4CCOCC4)sc3c2)nn1-c1ccc(F)cc1. The second-order valence-corrected chi connectivity index (χ2v) is 8.11. The molecule has 1 aliphatic heterocycles. The summed E-state index contributed by atoms with van der Waals surface area (Å²) in [5, 5.41) is 8.08. The molecule has 158 valence electrons. The lowest BCUT2D eigenvalue weighted by Crippen LogP contribution is -2.36. The molecule has 8 nitrogen and oxygen atoms in total. The number of fused-ring (bicyclic) bond motifs is 1. The van der Waals surface area contributed by atoms with Crippen molar-refractivity contribution in [1.29, 1.82) is 0 Å². The van der Waals surface area contributed by atoms with Crippen LogP contribution < -0.4 is 10.2 Å². The summed E-state index contributed by atoms with van der Waals surface area (Å²) in [6.45, 7) is 4.79. The Labute approximate surface area is 181 Å². The van der Waals surface area contributed by atoms with E-state index in [4.69, 9.17) is 9.72 Å². The highest BCUT2D eigenvalue weighted by molar-refractivity contribution is 7.22. The van der Waals surface area contributed by atoms with E-state index in [-0.39, 0.29) is 11.6 Å². The molecule has 2 aromatic heterocycles. The van der Waals surface area contributed by atoms with Crippen molar-refractivity contribution in [3.63, 3.8) is 0 Å². The van der Waals surface area contributed by atoms with Crippen LogP contribution in [0.2, 0.25) is 0 Å². The Kier molecular flexibility index (Phi) is 5.08. The summed E-state index contributed by atoms with van der Waals surface area (Å²) in [7, 11) is 0. The van der Waals surface area contributed by atoms with Gasteiger partial charge in [0.05, 0.1) is 29.1 Å². The molecule has 3 heterocycles. The zero-order valence-electron chi connectivity index (χ0n) is 16.7. The monoisotopic (exact) mass is 438 g/mol. The number of ether oxygens (including phenoxy) is 1. The van der Waals surface area contributed by atoms with E-state index in [9.17, 15) is 9.18 Å². The summed E-state index contributed by atoms with van der Waals surface area (Å²) in [6.07, 6.45) is 0. The number of thiazole rings is 1. The molecule has 31 heavy (non-hydrogen) atoms. The number of aryl methyl sites for hydroxylation is 1. The fourth-order valence-electron chi connectivity index (χ4n) is 3.38. The maximum Gasteiger partial charge on any atom is 0.295 e. The zero-order valence-corrected chi connectivity index (χ0v) is 17.5. The van der Waals surface area contributed by atoms with E-state index in [1.54, 1.807) is 30.4 Å². The van der Waals surface area contributed by atoms with Gasteiger partial charge in [0, 0.05) is 18.8 Å². The van der Waals surface area contributed by atoms with E-state index in [0.717, 1.165) is 28.4 Å². The van der Waals surface area contributed by atoms with Gasteiger partial charge in [-0.15, -0.1) is 5.10 Å². The molecule has 4 aromatic rings. The minimum absolute atomic E-state index is 0.0419. The Balaban J connectivity index is 1.35. The number of hydrogen-bond acceptors (Lipinski definition) is 7. The molecule has 0 radical (unpaired) electrons. The lowest BCUT2D eigenvalue weighted by atomic mass is 10.3. The van der Waals surface area contributed by atoms with Crippen LogP contribution in [0.4, 0.5) is 15.2 Å². The van der Waals surface area contributed by atoms with Gasteiger partial charge in [0.2, 0.25) is 5.82 Å². The predicted octanol–water partition coefficient (Wildman–Crippen LogP) is 3.41. The average molecular weight is 438 g/mol. The summed E-state index contributed by atoms with van der Waals surface area (Å²) in [5.41, 5.74) is 2.16. The normalized spacial score (nSPS) is 14.2. The van der Waals surface area contributed by atoms with Crippen molar-refractivity contribution in [2.75, 3.05) is 36.5 Å². The van der Waals surface area contributed by atoms with Crippen molar-refractivity contribution in [1.82, 2.24) is 19.7 Å². The number of aromatic nitrogens is 4. The molecule has 0 bridgehead atoms. The Hall–Kier alpha value is -3.37. The molecular weight excluding hydrogens is 419 g/mol. The molecule has 1 aliphatic rings. The molecule has 1 saturated heterocycles. The predicted molar refractivity (Wildman–Crippen MR) is 117 cm³/mol. The second-order valence-electron chi connectivity index (χ2n) is 7.10. The van der Waals surface area contributed by atoms with E-state index < -0.39 is 5.91 Å². The lowest BCUT2D eigenvalue weighted by Gasteiger charge is -2.25. The van der Waals surface area contributed by atoms with Crippen molar-refractivity contribution in [2.45, 2.75) is 6.92 Å². The number of halogens is 1. The third-order valence-electron chi connectivity index (χ3n) is 4.96. The van der Waals surface area contributed by atoms with Gasteiger partial charge in [-0.05, 0) is 49.4 Å². The Bertz CT molecular complexity index is 1250. The highest BCUT2D eigenvalue weighted by Crippen LogP contribution is 2.31. The molecule has 1 fully saturated rings. The second kappa shape index (κ2) is 8.05. The van der Waals surface area contributed by atoms with Crippen LogP contribution in [0.25, 0.3) is 15.9 Å². The number of anilines is 2. The van der Waals surface area contributed by atoms with Crippen LogP contribution in [0.15, 0.2) is 42.5 Å². The summed E-state index contributed by atoms with van der Waals surface area (Å²) in [6, 6.07) is 11.5. The number of amides is 1. The van der Waals surface area contributed by atoms with E-state index in [1.807, 2.05) is 18.2 Å². The molecular formula is C21H19FN6O2S. The van der Waals surface area contributed by atoms with Gasteiger partial charge >= 0.3 is 0 Å². The standard InChI is InChI=1S/C21H19FN6O2S/c1-13-23-19(26-28(13)16-5-2-14(22)3-6-16)20(29)24-15-4-7-17-18(12-15)31-21(25-17)27-8-10-30-11-9-27/h2-7,12H,8-11H2,1H3,(H,24,29). The first-order valence-corrected chi connectivity index (χ1v) is 10.6. The van der Waals surface area contributed by atoms with Crippen molar-refractivity contribution in [2.24, 2.45) is 0 Å². The number of nitrogens with zero attached hydrogens (tertiary/aromatic N) is 5. The largest absolute Gasteiger partial charge is 0.378 e. The molecule has 2 aromatic carbocycles. The molecule has 0 aliphatic carbocycles. The van der Waals surface area contributed by atoms with Crippen LogP contribution in [0, 0.1) is 12.7 Å². The molecule has 10 heteroatoms. The van der Waals surface area contributed by atoms with E-state index in [1.165, 1.54) is 16.8 Å². The van der Waals surface area contributed by atoms with Gasteiger partial charge in [0.25, 0.3) is 5.91 Å². The quantitative estimate of drug-likeness (QED) is 0.526. The number of morpholine rings is 1. The van der Waals surface area contributed by atoms with Gasteiger partial charge < -0.3 is 15.0 Å². The summed E-state index contributed by atoms with van der Waals surface area (Å²) < 4.78 is 21.1. The van der Waals surface area contributed by atoms with E-state index in [2.05, 4.69) is 20.3 Å². The topological polar surface area (TPSA) is 85.2 Å². The number of nitrogens with one attached hydrogen (secondary N) is 1. The minimum Gasteiger partial charge on any atom is -0.378 e. The van der Waals surface area contributed by atoms with Crippen molar-refractivity contribution in [3.05, 3.63) is 59.9 Å². The van der Waals surface area contributed by atoms with Crippen molar-refractivity contribution < 1.29 is 13.9 Å². The molecule has 0 unspecified atom stereocenters. The summed E-state index contributed by atoms with van der Waals surface area (Å²) in [4.78, 5) is 23.9. The maximum atomic E-state index is 13.2. The Morgan fingerprint density at radius 3 is 2.68 bits per heavy atom. The third kappa shape index (κ3) is 3.99. The van der Waals surface area contributed by atoms with Gasteiger partial charge in [0.15, 0.2) is 5.13 Å². The van der Waals surface area contributed by atoms with E-state index in [0.29, 0.717) is 30.4 Å². The molecule has 0 atom stereocenters. The fraction of sp³-hybridized carbons (Fsp3) is 0.238. The van der Waals surface area contributed by atoms with Gasteiger partial charge in [0.1, 0.15) is 11.6 Å². The van der Waals surface area contributed by atoms with Crippen molar-refractivity contribution in [3.8, 4) is 5.69 Å². The molecule has 0 spiro atoms. The third-order valence-corrected chi connectivity index (χ3v) is 6.04.